The predicted molar refractivity (Wildman–Crippen MR) is 48.0 cm³/mol. The molecule has 0 spiro atoms. The summed E-state index contributed by atoms with van der Waals surface area (Å²) in [5.41, 5.74) is 0. The third kappa shape index (κ3) is 4.61. The maximum atomic E-state index is 10.4. The van der Waals surface area contributed by atoms with E-state index in [4.69, 9.17) is 5.14 Å². The molecule has 1 heterocycles. The Bertz CT molecular complexity index is 332. The molecule has 0 aliphatic rings. The lowest BCUT2D eigenvalue weighted by Gasteiger charge is -2.01. The first-order chi connectivity index (χ1) is 6.08. The Balaban J connectivity index is 2.16. The molecule has 6 nitrogen and oxygen atoms in total. The van der Waals surface area contributed by atoms with E-state index in [0.29, 0.717) is 19.5 Å². The SMILES string of the molecule is NS(=O)(=O)NCCCn1cccn1. The topological polar surface area (TPSA) is 90.0 Å². The molecule has 0 aliphatic carbocycles. The third-order valence-electron chi connectivity index (χ3n) is 1.43. The highest BCUT2D eigenvalue weighted by molar-refractivity contribution is 7.87. The fraction of sp³-hybridized carbons (Fsp3) is 0.500. The van der Waals surface area contributed by atoms with E-state index < -0.39 is 10.2 Å². The van der Waals surface area contributed by atoms with Gasteiger partial charge in [-0.15, -0.1) is 0 Å². The van der Waals surface area contributed by atoms with E-state index in [9.17, 15) is 8.42 Å². The van der Waals surface area contributed by atoms with Crippen molar-refractivity contribution in [3.8, 4) is 0 Å². The number of nitrogens with one attached hydrogen (secondary N) is 1. The molecule has 0 radical (unpaired) electrons. The zero-order chi connectivity index (χ0) is 9.73. The molecule has 0 saturated carbocycles. The summed E-state index contributed by atoms with van der Waals surface area (Å²) in [7, 11) is -3.54. The molecule has 3 N–H and O–H groups in total. The third-order valence-corrected chi connectivity index (χ3v) is 2.03. The first-order valence-electron chi connectivity index (χ1n) is 3.83. The molecule has 1 aromatic heterocycles. The van der Waals surface area contributed by atoms with Crippen LogP contribution in [-0.2, 0) is 16.8 Å². The summed E-state index contributed by atoms with van der Waals surface area (Å²) in [6.45, 7) is 1.01. The van der Waals surface area contributed by atoms with Crippen molar-refractivity contribution in [3.63, 3.8) is 0 Å². The number of hydrogen-bond acceptors (Lipinski definition) is 3. The van der Waals surface area contributed by atoms with Crippen molar-refractivity contribution >= 4 is 10.2 Å². The van der Waals surface area contributed by atoms with Crippen LogP contribution < -0.4 is 9.86 Å². The van der Waals surface area contributed by atoms with Crippen LogP contribution in [-0.4, -0.2) is 24.7 Å². The molecule has 13 heavy (non-hydrogen) atoms. The summed E-state index contributed by atoms with van der Waals surface area (Å²) < 4.78 is 24.8. The number of aryl methyl sites for hydroxylation is 1. The van der Waals surface area contributed by atoms with Crippen LogP contribution in [0.4, 0.5) is 0 Å². The Morgan fingerprint density at radius 3 is 2.85 bits per heavy atom. The highest BCUT2D eigenvalue weighted by Crippen LogP contribution is 1.87. The van der Waals surface area contributed by atoms with Gasteiger partial charge >= 0.3 is 0 Å². The van der Waals surface area contributed by atoms with Gasteiger partial charge in [0.15, 0.2) is 0 Å². The van der Waals surface area contributed by atoms with Gasteiger partial charge in [0.25, 0.3) is 10.2 Å². The van der Waals surface area contributed by atoms with E-state index in [1.165, 1.54) is 0 Å². The van der Waals surface area contributed by atoms with Crippen molar-refractivity contribution in [2.24, 2.45) is 5.14 Å². The van der Waals surface area contributed by atoms with Crippen LogP contribution in [0.15, 0.2) is 18.5 Å². The lowest BCUT2D eigenvalue weighted by atomic mass is 10.4. The molecule has 0 amide bonds. The van der Waals surface area contributed by atoms with Crippen LogP contribution >= 0.6 is 0 Å². The van der Waals surface area contributed by atoms with Crippen molar-refractivity contribution in [1.29, 1.82) is 0 Å². The van der Waals surface area contributed by atoms with Crippen molar-refractivity contribution < 1.29 is 8.42 Å². The van der Waals surface area contributed by atoms with Crippen LogP contribution in [0.5, 0.6) is 0 Å². The van der Waals surface area contributed by atoms with E-state index in [1.807, 2.05) is 12.3 Å². The second-order valence-electron chi connectivity index (χ2n) is 2.56. The Hall–Kier alpha value is -0.920. The van der Waals surface area contributed by atoms with Crippen LogP contribution in [0.25, 0.3) is 0 Å². The van der Waals surface area contributed by atoms with E-state index in [0.717, 1.165) is 0 Å². The summed E-state index contributed by atoms with van der Waals surface area (Å²) in [4.78, 5) is 0. The molecule has 1 aromatic rings. The summed E-state index contributed by atoms with van der Waals surface area (Å²) in [5, 5.41) is 8.69. The average molecular weight is 204 g/mol. The van der Waals surface area contributed by atoms with E-state index >= 15 is 0 Å². The molecule has 0 fully saturated rings. The summed E-state index contributed by atoms with van der Waals surface area (Å²) in [6.07, 6.45) is 4.15. The largest absolute Gasteiger partial charge is 0.274 e. The molecule has 0 saturated heterocycles. The minimum absolute atomic E-state index is 0.332. The lowest BCUT2D eigenvalue weighted by molar-refractivity contribution is 0.554. The van der Waals surface area contributed by atoms with Gasteiger partial charge in [0.2, 0.25) is 0 Å². The molecule has 0 atom stereocenters. The number of nitrogens with zero attached hydrogens (tertiary/aromatic N) is 2. The molecule has 74 valence electrons. The highest BCUT2D eigenvalue weighted by Gasteiger charge is 1.98. The highest BCUT2D eigenvalue weighted by atomic mass is 32.2. The standard InChI is InChI=1S/C6H12N4O2S/c7-13(11,12)9-4-2-6-10-5-1-3-8-10/h1,3,5,9H,2,4,6H2,(H2,7,11,12). The predicted octanol–water partition coefficient (Wildman–Crippen LogP) is -0.934. The zero-order valence-electron chi connectivity index (χ0n) is 7.05. The van der Waals surface area contributed by atoms with Gasteiger partial charge in [0.05, 0.1) is 0 Å². The summed E-state index contributed by atoms with van der Waals surface area (Å²) in [6, 6.07) is 1.81. The van der Waals surface area contributed by atoms with E-state index in [2.05, 4.69) is 9.82 Å². The minimum Gasteiger partial charge on any atom is -0.273 e. The number of rotatable bonds is 5. The van der Waals surface area contributed by atoms with Crippen LogP contribution in [0.3, 0.4) is 0 Å². The maximum Gasteiger partial charge on any atom is 0.274 e. The van der Waals surface area contributed by atoms with Crippen LogP contribution in [0.1, 0.15) is 6.42 Å². The quantitative estimate of drug-likeness (QED) is 0.607. The first-order valence-corrected chi connectivity index (χ1v) is 5.37. The van der Waals surface area contributed by atoms with Crippen molar-refractivity contribution in [2.75, 3.05) is 6.54 Å². The molecule has 0 bridgehead atoms. The van der Waals surface area contributed by atoms with Gasteiger partial charge in [-0.3, -0.25) is 4.68 Å². The van der Waals surface area contributed by atoms with Gasteiger partial charge in [0.1, 0.15) is 0 Å². The van der Waals surface area contributed by atoms with Gasteiger partial charge in [-0.1, -0.05) is 0 Å². The molecule has 7 heteroatoms. The number of aromatic nitrogens is 2. The lowest BCUT2D eigenvalue weighted by Crippen LogP contribution is -2.31. The van der Waals surface area contributed by atoms with Crippen molar-refractivity contribution in [3.05, 3.63) is 18.5 Å². The fourth-order valence-corrected chi connectivity index (χ4v) is 1.32. The van der Waals surface area contributed by atoms with E-state index in [1.54, 1.807) is 10.9 Å². The Morgan fingerprint density at radius 2 is 2.31 bits per heavy atom. The smallest absolute Gasteiger partial charge is 0.273 e. The zero-order valence-corrected chi connectivity index (χ0v) is 7.87. The Kier molecular flexibility index (Phi) is 3.40. The monoisotopic (exact) mass is 204 g/mol. The summed E-state index contributed by atoms with van der Waals surface area (Å²) in [5.74, 6) is 0. The van der Waals surface area contributed by atoms with Crippen LogP contribution in [0, 0.1) is 0 Å². The van der Waals surface area contributed by atoms with Crippen molar-refractivity contribution in [1.82, 2.24) is 14.5 Å². The van der Waals surface area contributed by atoms with Gasteiger partial charge in [-0.05, 0) is 12.5 Å². The fourth-order valence-electron chi connectivity index (χ4n) is 0.888. The first kappa shape index (κ1) is 10.2. The van der Waals surface area contributed by atoms with Crippen molar-refractivity contribution in [2.45, 2.75) is 13.0 Å². The molecule has 0 aromatic carbocycles. The average Bonchev–Trinajstić information content (AvgIpc) is 2.48. The normalized spacial score (nSPS) is 11.8. The number of hydrogen-bond donors (Lipinski definition) is 2. The Labute approximate surface area is 76.9 Å². The molecular formula is C6H12N4O2S. The molecule has 1 rings (SSSR count). The maximum absolute atomic E-state index is 10.4. The van der Waals surface area contributed by atoms with Gasteiger partial charge in [0, 0.05) is 25.5 Å². The Morgan fingerprint density at radius 1 is 1.54 bits per heavy atom. The van der Waals surface area contributed by atoms with E-state index in [-0.39, 0.29) is 0 Å². The van der Waals surface area contributed by atoms with Gasteiger partial charge in [-0.25, -0.2) is 9.86 Å². The molecule has 0 aliphatic heterocycles. The van der Waals surface area contributed by atoms with Crippen LogP contribution in [0.2, 0.25) is 0 Å². The minimum atomic E-state index is -3.54. The van der Waals surface area contributed by atoms with Gasteiger partial charge in [-0.2, -0.15) is 13.5 Å². The second kappa shape index (κ2) is 4.35. The second-order valence-corrected chi connectivity index (χ2v) is 3.94. The summed E-state index contributed by atoms with van der Waals surface area (Å²) >= 11 is 0. The van der Waals surface area contributed by atoms with Gasteiger partial charge < -0.3 is 0 Å². The molecular weight excluding hydrogens is 192 g/mol. The molecule has 0 unspecified atom stereocenters. The number of nitrogens with two attached hydrogens (primary N) is 1.